The van der Waals surface area contributed by atoms with E-state index in [0.717, 1.165) is 38.8 Å². The number of sulfone groups is 1. The molecule has 2 saturated heterocycles. The molecule has 2 fully saturated rings. The molecule has 1 unspecified atom stereocenters. The lowest BCUT2D eigenvalue weighted by Crippen LogP contribution is -2.49. The molecule has 116 valence electrons. The van der Waals surface area contributed by atoms with Gasteiger partial charge >= 0.3 is 0 Å². The Labute approximate surface area is 127 Å². The standard InChI is InChI=1S/C16H24N2O2S/c19-21(20)12-4-5-15(13-21)17-14-8-10-18(11-9-14)16-6-2-1-3-7-16/h1-3,6-7,14-15,17H,4-5,8-13H2. The number of hydrogen-bond acceptors (Lipinski definition) is 4. The summed E-state index contributed by atoms with van der Waals surface area (Å²) in [6.07, 6.45) is 3.98. The number of rotatable bonds is 3. The number of anilines is 1. The van der Waals surface area contributed by atoms with E-state index in [9.17, 15) is 8.42 Å². The van der Waals surface area contributed by atoms with Crippen LogP contribution in [0.4, 0.5) is 5.69 Å². The summed E-state index contributed by atoms with van der Waals surface area (Å²) in [6.45, 7) is 2.09. The van der Waals surface area contributed by atoms with Crippen LogP contribution in [-0.2, 0) is 9.84 Å². The van der Waals surface area contributed by atoms with Gasteiger partial charge in [-0.15, -0.1) is 0 Å². The van der Waals surface area contributed by atoms with Gasteiger partial charge in [0, 0.05) is 30.9 Å². The van der Waals surface area contributed by atoms with E-state index in [4.69, 9.17) is 0 Å². The highest BCUT2D eigenvalue weighted by molar-refractivity contribution is 7.91. The van der Waals surface area contributed by atoms with Gasteiger partial charge in [0.1, 0.15) is 0 Å². The van der Waals surface area contributed by atoms with Gasteiger partial charge in [0.2, 0.25) is 0 Å². The maximum Gasteiger partial charge on any atom is 0.151 e. The third kappa shape index (κ3) is 3.98. The summed E-state index contributed by atoms with van der Waals surface area (Å²) in [5.41, 5.74) is 1.29. The minimum Gasteiger partial charge on any atom is -0.371 e. The van der Waals surface area contributed by atoms with Gasteiger partial charge in [-0.1, -0.05) is 18.2 Å². The van der Waals surface area contributed by atoms with Gasteiger partial charge in [-0.2, -0.15) is 0 Å². The monoisotopic (exact) mass is 308 g/mol. The lowest BCUT2D eigenvalue weighted by atomic mass is 10.0. The minimum absolute atomic E-state index is 0.164. The largest absolute Gasteiger partial charge is 0.371 e. The van der Waals surface area contributed by atoms with Crippen molar-refractivity contribution in [3.8, 4) is 0 Å². The van der Waals surface area contributed by atoms with Gasteiger partial charge in [-0.25, -0.2) is 8.42 Å². The molecule has 21 heavy (non-hydrogen) atoms. The third-order valence-electron chi connectivity index (χ3n) is 4.55. The molecule has 0 spiro atoms. The highest BCUT2D eigenvalue weighted by atomic mass is 32.2. The van der Waals surface area contributed by atoms with Gasteiger partial charge in [0.25, 0.3) is 0 Å². The zero-order chi connectivity index (χ0) is 14.7. The molecule has 0 bridgehead atoms. The van der Waals surface area contributed by atoms with E-state index in [1.807, 2.05) is 6.07 Å². The van der Waals surface area contributed by atoms with E-state index in [1.54, 1.807) is 0 Å². The third-order valence-corrected chi connectivity index (χ3v) is 6.37. The van der Waals surface area contributed by atoms with Crippen LogP contribution in [0.15, 0.2) is 30.3 Å². The molecule has 0 amide bonds. The van der Waals surface area contributed by atoms with E-state index in [-0.39, 0.29) is 6.04 Å². The predicted octanol–water partition coefficient (Wildman–Crippen LogP) is 1.82. The Morgan fingerprint density at radius 3 is 2.38 bits per heavy atom. The molecule has 2 heterocycles. The van der Waals surface area contributed by atoms with Gasteiger partial charge in [0.05, 0.1) is 11.5 Å². The molecule has 3 rings (SSSR count). The highest BCUT2D eigenvalue weighted by Gasteiger charge is 2.28. The lowest BCUT2D eigenvalue weighted by molar-refractivity contribution is 0.361. The van der Waals surface area contributed by atoms with Gasteiger partial charge in [-0.3, -0.25) is 0 Å². The van der Waals surface area contributed by atoms with E-state index < -0.39 is 9.84 Å². The molecule has 0 aliphatic carbocycles. The number of nitrogens with zero attached hydrogens (tertiary/aromatic N) is 1. The van der Waals surface area contributed by atoms with Crippen molar-refractivity contribution in [1.82, 2.24) is 5.32 Å². The molecule has 1 aromatic carbocycles. The number of benzene rings is 1. The molecular weight excluding hydrogens is 284 g/mol. The first-order chi connectivity index (χ1) is 10.1. The van der Waals surface area contributed by atoms with Crippen LogP contribution < -0.4 is 10.2 Å². The minimum atomic E-state index is -2.81. The second-order valence-electron chi connectivity index (χ2n) is 6.22. The van der Waals surface area contributed by atoms with Crippen LogP contribution in [0.1, 0.15) is 25.7 Å². The summed E-state index contributed by atoms with van der Waals surface area (Å²) >= 11 is 0. The Bertz CT molecular complexity index is 551. The number of para-hydroxylation sites is 1. The zero-order valence-corrected chi connectivity index (χ0v) is 13.2. The Balaban J connectivity index is 1.50. The molecular formula is C16H24N2O2S. The van der Waals surface area contributed by atoms with Crippen LogP contribution in [0.2, 0.25) is 0 Å². The summed E-state index contributed by atoms with van der Waals surface area (Å²) in [4.78, 5) is 2.41. The zero-order valence-electron chi connectivity index (χ0n) is 12.4. The molecule has 1 aromatic rings. The molecule has 5 heteroatoms. The van der Waals surface area contributed by atoms with Crippen molar-refractivity contribution in [2.45, 2.75) is 37.8 Å². The SMILES string of the molecule is O=S1(=O)CCCC(NC2CCN(c3ccccc3)CC2)C1. The van der Waals surface area contributed by atoms with E-state index in [1.165, 1.54) is 5.69 Å². The fourth-order valence-corrected chi connectivity index (χ4v) is 5.08. The first-order valence-corrected chi connectivity index (χ1v) is 9.71. The Morgan fingerprint density at radius 2 is 1.71 bits per heavy atom. The van der Waals surface area contributed by atoms with E-state index in [2.05, 4.69) is 34.5 Å². The van der Waals surface area contributed by atoms with Crippen LogP contribution in [-0.4, -0.2) is 45.1 Å². The van der Waals surface area contributed by atoms with Crippen molar-refractivity contribution >= 4 is 15.5 Å². The molecule has 0 radical (unpaired) electrons. The van der Waals surface area contributed by atoms with Crippen molar-refractivity contribution in [3.63, 3.8) is 0 Å². The lowest BCUT2D eigenvalue weighted by Gasteiger charge is -2.36. The summed E-state index contributed by atoms with van der Waals surface area (Å²) in [5, 5.41) is 3.58. The number of piperidine rings is 1. The Kier molecular flexibility index (Phi) is 4.50. The Hall–Kier alpha value is -1.07. The van der Waals surface area contributed by atoms with Gasteiger partial charge in [0.15, 0.2) is 9.84 Å². The van der Waals surface area contributed by atoms with Crippen molar-refractivity contribution in [2.75, 3.05) is 29.5 Å². The van der Waals surface area contributed by atoms with Crippen LogP contribution in [0, 0.1) is 0 Å². The molecule has 0 saturated carbocycles. The average molecular weight is 308 g/mol. The maximum atomic E-state index is 11.7. The van der Waals surface area contributed by atoms with Gasteiger partial charge in [-0.05, 0) is 37.8 Å². The topological polar surface area (TPSA) is 49.4 Å². The average Bonchev–Trinajstić information content (AvgIpc) is 2.48. The molecule has 4 nitrogen and oxygen atoms in total. The normalized spacial score (nSPS) is 26.7. The summed E-state index contributed by atoms with van der Waals surface area (Å²) in [5.74, 6) is 0.698. The molecule has 1 N–H and O–H groups in total. The molecule has 1 atom stereocenters. The summed E-state index contributed by atoms with van der Waals surface area (Å²) < 4.78 is 23.4. The van der Waals surface area contributed by atoms with E-state index in [0.29, 0.717) is 17.5 Å². The van der Waals surface area contributed by atoms with Crippen molar-refractivity contribution < 1.29 is 8.42 Å². The first-order valence-electron chi connectivity index (χ1n) is 7.89. The van der Waals surface area contributed by atoms with Crippen LogP contribution in [0.5, 0.6) is 0 Å². The summed E-state index contributed by atoms with van der Waals surface area (Å²) in [7, 11) is -2.81. The Morgan fingerprint density at radius 1 is 1.00 bits per heavy atom. The van der Waals surface area contributed by atoms with Crippen LogP contribution in [0.25, 0.3) is 0 Å². The highest BCUT2D eigenvalue weighted by Crippen LogP contribution is 2.21. The second-order valence-corrected chi connectivity index (χ2v) is 8.45. The number of nitrogens with one attached hydrogen (secondary N) is 1. The predicted molar refractivity (Wildman–Crippen MR) is 86.5 cm³/mol. The van der Waals surface area contributed by atoms with Crippen LogP contribution in [0.3, 0.4) is 0 Å². The summed E-state index contributed by atoms with van der Waals surface area (Å²) in [6, 6.07) is 11.1. The maximum absolute atomic E-state index is 11.7. The van der Waals surface area contributed by atoms with Crippen molar-refractivity contribution in [2.24, 2.45) is 0 Å². The molecule has 2 aliphatic rings. The number of hydrogen-bond donors (Lipinski definition) is 1. The van der Waals surface area contributed by atoms with Gasteiger partial charge < -0.3 is 10.2 Å². The molecule has 0 aromatic heterocycles. The van der Waals surface area contributed by atoms with Crippen molar-refractivity contribution in [1.29, 1.82) is 0 Å². The first kappa shape index (κ1) is 14.9. The van der Waals surface area contributed by atoms with Crippen LogP contribution >= 0.6 is 0 Å². The molecule has 2 aliphatic heterocycles. The van der Waals surface area contributed by atoms with Crippen molar-refractivity contribution in [3.05, 3.63) is 30.3 Å². The smallest absolute Gasteiger partial charge is 0.151 e. The second kappa shape index (κ2) is 6.36. The fraction of sp³-hybridized carbons (Fsp3) is 0.625. The quantitative estimate of drug-likeness (QED) is 0.925. The fourth-order valence-electron chi connectivity index (χ4n) is 3.43. The van der Waals surface area contributed by atoms with E-state index >= 15 is 0 Å².